The average Bonchev–Trinajstić information content (AvgIpc) is 3.37. The number of rotatable bonds is 6. The molecule has 5 rings (SSSR count). The minimum atomic E-state index is -0.320. The number of amides is 2. The van der Waals surface area contributed by atoms with Crippen molar-refractivity contribution in [3.63, 3.8) is 0 Å². The van der Waals surface area contributed by atoms with Gasteiger partial charge in [-0.05, 0) is 42.7 Å². The molecule has 0 unspecified atom stereocenters. The second kappa shape index (κ2) is 8.88. The lowest BCUT2D eigenvalue weighted by Gasteiger charge is -2.28. The molecule has 0 bridgehead atoms. The van der Waals surface area contributed by atoms with E-state index >= 15 is 0 Å². The number of carbonyl (C=O) groups excluding carboxylic acids is 2. The number of imide groups is 1. The van der Waals surface area contributed by atoms with Crippen molar-refractivity contribution in [2.75, 3.05) is 51.5 Å². The van der Waals surface area contributed by atoms with E-state index in [1.807, 2.05) is 38.1 Å². The summed E-state index contributed by atoms with van der Waals surface area (Å²) in [4.78, 5) is 30.5. The first-order valence-corrected chi connectivity index (χ1v) is 11.2. The fraction of sp³-hybridized carbons (Fsp3) is 0.360. The van der Waals surface area contributed by atoms with Crippen LogP contribution in [0.4, 0.5) is 5.69 Å². The highest BCUT2D eigenvalue weighted by molar-refractivity contribution is 6.36. The molecule has 2 amide bonds. The Hall–Kier alpha value is -3.36. The summed E-state index contributed by atoms with van der Waals surface area (Å²) in [5.41, 5.74) is 4.26. The first-order chi connectivity index (χ1) is 16.0. The van der Waals surface area contributed by atoms with Crippen LogP contribution in [0, 0.1) is 13.8 Å². The normalized spacial score (nSPS) is 18.4. The highest BCUT2D eigenvalue weighted by atomic mass is 16.7. The number of nitrogens with one attached hydrogen (secondary N) is 1. The lowest BCUT2D eigenvalue weighted by atomic mass is 9.99. The molecule has 1 saturated heterocycles. The molecule has 0 radical (unpaired) electrons. The molecule has 8 nitrogen and oxygen atoms in total. The van der Waals surface area contributed by atoms with E-state index in [9.17, 15) is 9.59 Å². The number of carbonyl (C=O) groups is 2. The Kier molecular flexibility index (Phi) is 5.78. The number of morpholine rings is 1. The van der Waals surface area contributed by atoms with Gasteiger partial charge in [-0.3, -0.25) is 19.4 Å². The third-order valence-electron chi connectivity index (χ3n) is 6.35. The van der Waals surface area contributed by atoms with Gasteiger partial charge in [0.1, 0.15) is 5.70 Å². The maximum atomic E-state index is 13.5. The fourth-order valence-electron chi connectivity index (χ4n) is 4.24. The summed E-state index contributed by atoms with van der Waals surface area (Å²) in [6, 6.07) is 11.2. The molecule has 2 aromatic carbocycles. The third kappa shape index (κ3) is 4.19. The quantitative estimate of drug-likeness (QED) is 0.679. The first-order valence-electron chi connectivity index (χ1n) is 11.2. The van der Waals surface area contributed by atoms with Gasteiger partial charge < -0.3 is 19.5 Å². The molecule has 0 atom stereocenters. The van der Waals surface area contributed by atoms with E-state index in [0.717, 1.165) is 29.8 Å². The van der Waals surface area contributed by atoms with E-state index in [0.29, 0.717) is 49.1 Å². The van der Waals surface area contributed by atoms with Gasteiger partial charge in [-0.15, -0.1) is 0 Å². The predicted molar refractivity (Wildman–Crippen MR) is 123 cm³/mol. The molecule has 0 spiro atoms. The van der Waals surface area contributed by atoms with Crippen molar-refractivity contribution in [1.29, 1.82) is 0 Å². The lowest BCUT2D eigenvalue weighted by Crippen LogP contribution is -2.43. The summed E-state index contributed by atoms with van der Waals surface area (Å²) < 4.78 is 16.2. The van der Waals surface area contributed by atoms with Crippen LogP contribution < -0.4 is 14.8 Å². The molecule has 2 aromatic rings. The average molecular weight is 450 g/mol. The second-order valence-electron chi connectivity index (χ2n) is 8.46. The van der Waals surface area contributed by atoms with E-state index in [-0.39, 0.29) is 24.3 Å². The van der Waals surface area contributed by atoms with Gasteiger partial charge in [-0.25, -0.2) is 0 Å². The minimum Gasteiger partial charge on any atom is -0.454 e. The fourth-order valence-corrected chi connectivity index (χ4v) is 4.24. The van der Waals surface area contributed by atoms with Gasteiger partial charge in [0, 0.05) is 37.9 Å². The van der Waals surface area contributed by atoms with E-state index in [1.165, 1.54) is 4.90 Å². The summed E-state index contributed by atoms with van der Waals surface area (Å²) in [5, 5.41) is 3.20. The SMILES string of the molecule is Cc1ccc(C2=C(Nc3ccc4c(c3)OCO4)C(=O)N(CCN3CCOCC3)C2=O)cc1C. The first kappa shape index (κ1) is 21.5. The Morgan fingerprint density at radius 1 is 0.879 bits per heavy atom. The summed E-state index contributed by atoms with van der Waals surface area (Å²) in [6.07, 6.45) is 0. The second-order valence-corrected chi connectivity index (χ2v) is 8.46. The van der Waals surface area contributed by atoms with Crippen molar-refractivity contribution in [3.8, 4) is 11.5 Å². The zero-order valence-corrected chi connectivity index (χ0v) is 18.8. The molecule has 33 heavy (non-hydrogen) atoms. The van der Waals surface area contributed by atoms with Gasteiger partial charge in [0.15, 0.2) is 11.5 Å². The van der Waals surface area contributed by atoms with Gasteiger partial charge in [-0.1, -0.05) is 18.2 Å². The highest BCUT2D eigenvalue weighted by Crippen LogP contribution is 2.36. The van der Waals surface area contributed by atoms with Crippen LogP contribution in [0.25, 0.3) is 5.57 Å². The van der Waals surface area contributed by atoms with Crippen LogP contribution in [0.3, 0.4) is 0 Å². The van der Waals surface area contributed by atoms with Gasteiger partial charge in [0.2, 0.25) is 6.79 Å². The van der Waals surface area contributed by atoms with E-state index in [1.54, 1.807) is 12.1 Å². The topological polar surface area (TPSA) is 80.3 Å². The predicted octanol–water partition coefficient (Wildman–Crippen LogP) is 2.56. The van der Waals surface area contributed by atoms with Crippen molar-refractivity contribution >= 4 is 23.1 Å². The molecular weight excluding hydrogens is 422 g/mol. The van der Waals surface area contributed by atoms with Crippen LogP contribution >= 0.6 is 0 Å². The van der Waals surface area contributed by atoms with Crippen molar-refractivity contribution < 1.29 is 23.8 Å². The molecule has 0 aromatic heterocycles. The van der Waals surface area contributed by atoms with Crippen molar-refractivity contribution in [3.05, 3.63) is 58.8 Å². The van der Waals surface area contributed by atoms with Crippen LogP contribution in [0.15, 0.2) is 42.1 Å². The summed E-state index contributed by atoms with van der Waals surface area (Å²) in [5.74, 6) is 0.665. The van der Waals surface area contributed by atoms with Crippen LogP contribution in [-0.2, 0) is 14.3 Å². The molecule has 1 fully saturated rings. The number of hydrogen-bond donors (Lipinski definition) is 1. The third-order valence-corrected chi connectivity index (χ3v) is 6.35. The van der Waals surface area contributed by atoms with Crippen molar-refractivity contribution in [1.82, 2.24) is 9.80 Å². The number of ether oxygens (including phenoxy) is 3. The van der Waals surface area contributed by atoms with Gasteiger partial charge in [-0.2, -0.15) is 0 Å². The lowest BCUT2D eigenvalue weighted by molar-refractivity contribution is -0.137. The summed E-state index contributed by atoms with van der Waals surface area (Å²) >= 11 is 0. The Morgan fingerprint density at radius 3 is 2.45 bits per heavy atom. The molecule has 8 heteroatoms. The molecule has 3 heterocycles. The number of fused-ring (bicyclic) bond motifs is 1. The van der Waals surface area contributed by atoms with Crippen LogP contribution in [0.2, 0.25) is 0 Å². The maximum absolute atomic E-state index is 13.5. The smallest absolute Gasteiger partial charge is 0.278 e. The minimum absolute atomic E-state index is 0.169. The van der Waals surface area contributed by atoms with E-state index < -0.39 is 0 Å². The van der Waals surface area contributed by atoms with Gasteiger partial charge in [0.25, 0.3) is 11.8 Å². The highest BCUT2D eigenvalue weighted by Gasteiger charge is 2.39. The standard InChI is InChI=1S/C25H27N3O5/c1-16-3-4-18(13-17(16)2)22-23(26-19-5-6-20-21(14-19)33-15-32-20)25(30)28(24(22)29)8-7-27-9-11-31-12-10-27/h3-6,13-14,26H,7-12,15H2,1-2H3. The Labute approximate surface area is 192 Å². The van der Waals surface area contributed by atoms with Gasteiger partial charge >= 0.3 is 0 Å². The number of aryl methyl sites for hydroxylation is 2. The zero-order chi connectivity index (χ0) is 22.9. The Bertz CT molecular complexity index is 1140. The molecular formula is C25H27N3O5. The number of hydrogen-bond acceptors (Lipinski definition) is 7. The molecule has 172 valence electrons. The molecule has 1 N–H and O–H groups in total. The molecule has 0 saturated carbocycles. The van der Waals surface area contributed by atoms with Gasteiger partial charge in [0.05, 0.1) is 18.8 Å². The van der Waals surface area contributed by atoms with Crippen LogP contribution in [0.1, 0.15) is 16.7 Å². The van der Waals surface area contributed by atoms with Crippen LogP contribution in [0.5, 0.6) is 11.5 Å². The van der Waals surface area contributed by atoms with E-state index in [2.05, 4.69) is 10.2 Å². The van der Waals surface area contributed by atoms with Crippen molar-refractivity contribution in [2.24, 2.45) is 0 Å². The van der Waals surface area contributed by atoms with E-state index in [4.69, 9.17) is 14.2 Å². The summed E-state index contributed by atoms with van der Waals surface area (Å²) in [7, 11) is 0. The molecule has 3 aliphatic rings. The largest absolute Gasteiger partial charge is 0.454 e. The molecule has 0 aliphatic carbocycles. The number of anilines is 1. The maximum Gasteiger partial charge on any atom is 0.278 e. The Balaban J connectivity index is 1.46. The monoisotopic (exact) mass is 449 g/mol. The van der Waals surface area contributed by atoms with Crippen LogP contribution in [-0.4, -0.2) is 67.8 Å². The zero-order valence-electron chi connectivity index (χ0n) is 18.8. The number of nitrogens with zero attached hydrogens (tertiary/aromatic N) is 2. The number of benzene rings is 2. The summed E-state index contributed by atoms with van der Waals surface area (Å²) in [6.45, 7) is 8.10. The Morgan fingerprint density at radius 2 is 1.67 bits per heavy atom. The van der Waals surface area contributed by atoms with Crippen molar-refractivity contribution in [2.45, 2.75) is 13.8 Å². The molecule has 3 aliphatic heterocycles.